The van der Waals surface area contributed by atoms with Crippen molar-refractivity contribution in [3.05, 3.63) is 160 Å². The lowest BCUT2D eigenvalue weighted by molar-refractivity contribution is 0.140. The molecule has 2 atom stereocenters. The number of halogens is 3. The predicted octanol–water partition coefficient (Wildman–Crippen LogP) is 11.8. The van der Waals surface area contributed by atoms with Crippen molar-refractivity contribution >= 4 is 34.0 Å². The molecule has 69 heavy (non-hydrogen) atoms. The number of anilines is 1. The number of nitrogens with one attached hydrogen (secondary N) is 2. The van der Waals surface area contributed by atoms with Crippen LogP contribution in [0.2, 0.25) is 5.02 Å². The zero-order valence-electron chi connectivity index (χ0n) is 41.6. The van der Waals surface area contributed by atoms with Gasteiger partial charge in [0.1, 0.15) is 11.6 Å². The van der Waals surface area contributed by atoms with Gasteiger partial charge >= 0.3 is 0 Å². The van der Waals surface area contributed by atoms with Crippen LogP contribution in [-0.2, 0) is 25.3 Å². The summed E-state index contributed by atoms with van der Waals surface area (Å²) in [6.45, 7) is 24.1. The second-order valence-corrected chi connectivity index (χ2v) is 20.5. The molecule has 4 N–H and O–H groups in total. The molecule has 3 heterocycles. The topological polar surface area (TPSA) is 77.6 Å². The van der Waals surface area contributed by atoms with E-state index in [2.05, 4.69) is 96.4 Å². The van der Waals surface area contributed by atoms with Gasteiger partial charge in [0.15, 0.2) is 5.82 Å². The van der Waals surface area contributed by atoms with Crippen LogP contribution in [0.3, 0.4) is 0 Å². The van der Waals surface area contributed by atoms with Gasteiger partial charge in [0, 0.05) is 104 Å². The fourth-order valence-electron chi connectivity index (χ4n) is 11.6. The summed E-state index contributed by atoms with van der Waals surface area (Å²) in [5.41, 5.74) is 16.5. The number of piperidine rings is 2. The highest BCUT2D eigenvalue weighted by atomic mass is 35.5. The lowest BCUT2D eigenvalue weighted by Crippen LogP contribution is -2.41. The van der Waals surface area contributed by atoms with Crippen LogP contribution in [0, 0.1) is 17.6 Å². The minimum atomic E-state index is -0.516. The van der Waals surface area contributed by atoms with E-state index in [1.165, 1.54) is 86.6 Å². The molecule has 0 bridgehead atoms. The van der Waals surface area contributed by atoms with Crippen LogP contribution < -0.4 is 21.3 Å². The summed E-state index contributed by atoms with van der Waals surface area (Å²) < 4.78 is 32.9. The second-order valence-electron chi connectivity index (χ2n) is 20.2. The molecule has 4 aromatic carbocycles. The van der Waals surface area contributed by atoms with E-state index >= 15 is 8.78 Å². The van der Waals surface area contributed by atoms with Gasteiger partial charge in [-0.1, -0.05) is 106 Å². The molecule has 5 aromatic rings. The fraction of sp³-hybridized carbons (Fsp3) is 0.431. The number of fused-ring (bicyclic) bond motifs is 3. The largest absolute Gasteiger partial charge is 0.398 e. The number of aromatic nitrogens is 2. The van der Waals surface area contributed by atoms with Gasteiger partial charge in [-0.15, -0.1) is 0 Å². The summed E-state index contributed by atoms with van der Waals surface area (Å²) >= 11 is 6.56. The Kier molecular flexibility index (Phi) is 15.7. The van der Waals surface area contributed by atoms with E-state index in [1.807, 2.05) is 49.0 Å². The van der Waals surface area contributed by atoms with Crippen LogP contribution in [-0.4, -0.2) is 79.5 Å². The molecular weight excluding hydrogens is 882 g/mol. The number of nitrogens with zero attached hydrogens (tertiary/aromatic N) is 5. The maximum atomic E-state index is 15.8. The summed E-state index contributed by atoms with van der Waals surface area (Å²) in [5.74, 6) is 1.49. The molecule has 1 aromatic heterocycles. The van der Waals surface area contributed by atoms with Crippen molar-refractivity contribution in [1.29, 1.82) is 0 Å². The Morgan fingerprint density at radius 3 is 2.42 bits per heavy atom. The highest BCUT2D eigenvalue weighted by molar-refractivity contribution is 6.34. The SMILES string of the molecule is C=CNC(=C)CCN(C)c1nn(C)c2cc(C3CCN(CC4CCN(C(=C)CCNC)CC4)CC3)ccc12.CCCc1ccc2c(c1F)-c1c(Cl)c(F)cc3c1C(C=C2N)C(C)(c1ccccc1)C3. The van der Waals surface area contributed by atoms with Crippen molar-refractivity contribution < 1.29 is 8.78 Å². The molecule has 2 fully saturated rings. The molecule has 2 aliphatic heterocycles. The third-order valence-electron chi connectivity index (χ3n) is 15.6. The highest BCUT2D eigenvalue weighted by Crippen LogP contribution is 2.57. The highest BCUT2D eigenvalue weighted by Gasteiger charge is 2.47. The van der Waals surface area contributed by atoms with Gasteiger partial charge < -0.3 is 31.1 Å². The molecule has 0 spiro atoms. The van der Waals surface area contributed by atoms with Crippen LogP contribution in [0.1, 0.15) is 104 Å². The maximum absolute atomic E-state index is 15.8. The third kappa shape index (κ3) is 10.4. The number of rotatable bonds is 16. The fourth-order valence-corrected chi connectivity index (χ4v) is 11.8. The zero-order valence-corrected chi connectivity index (χ0v) is 42.4. The molecular formula is C58H73ClF2N8. The van der Waals surface area contributed by atoms with E-state index in [1.54, 1.807) is 12.3 Å². The molecule has 2 aliphatic carbocycles. The van der Waals surface area contributed by atoms with E-state index in [0.29, 0.717) is 46.7 Å². The first-order valence-corrected chi connectivity index (χ1v) is 25.5. The lowest BCUT2D eigenvalue weighted by atomic mass is 9.72. The average Bonchev–Trinajstić information content (AvgIpc) is 3.78. The first-order chi connectivity index (χ1) is 33.3. The van der Waals surface area contributed by atoms with E-state index < -0.39 is 5.82 Å². The molecule has 11 heteroatoms. The molecule has 0 radical (unpaired) electrons. The normalized spacial score (nSPS) is 19.3. The van der Waals surface area contributed by atoms with E-state index in [0.717, 1.165) is 66.5 Å². The maximum Gasteiger partial charge on any atom is 0.158 e. The van der Waals surface area contributed by atoms with Crippen molar-refractivity contribution in [2.45, 2.75) is 88.9 Å². The summed E-state index contributed by atoms with van der Waals surface area (Å²) in [6.07, 6.45) is 12.7. The number of benzene rings is 4. The van der Waals surface area contributed by atoms with Gasteiger partial charge in [-0.25, -0.2) is 8.78 Å². The Balaban J connectivity index is 0.000000189. The summed E-state index contributed by atoms with van der Waals surface area (Å²) in [7, 11) is 6.18. The number of hydrogen-bond acceptors (Lipinski definition) is 7. The molecule has 9 rings (SSSR count). The first kappa shape index (κ1) is 50.0. The number of allylic oxidation sites excluding steroid dienone is 1. The van der Waals surface area contributed by atoms with Gasteiger partial charge in [0.05, 0.1) is 10.5 Å². The molecule has 2 unspecified atom stereocenters. The van der Waals surface area contributed by atoms with Crippen molar-refractivity contribution in [2.24, 2.45) is 18.7 Å². The number of aryl methyl sites for hydroxylation is 2. The second kappa shape index (κ2) is 21.7. The average molecular weight is 956 g/mol. The van der Waals surface area contributed by atoms with Gasteiger partial charge in [-0.3, -0.25) is 4.68 Å². The van der Waals surface area contributed by atoms with Crippen LogP contribution in [0.15, 0.2) is 110 Å². The summed E-state index contributed by atoms with van der Waals surface area (Å²) in [6, 6.07) is 22.3. The molecule has 366 valence electrons. The Hall–Kier alpha value is -5.42. The molecule has 0 saturated carbocycles. The zero-order chi connectivity index (χ0) is 49.0. The van der Waals surface area contributed by atoms with E-state index in [9.17, 15) is 0 Å². The third-order valence-corrected chi connectivity index (χ3v) is 15.9. The van der Waals surface area contributed by atoms with Crippen LogP contribution in [0.25, 0.3) is 27.7 Å². The Labute approximate surface area is 415 Å². The number of likely N-dealkylation sites (tertiary alicyclic amines) is 2. The minimum Gasteiger partial charge on any atom is -0.398 e. The van der Waals surface area contributed by atoms with Crippen LogP contribution >= 0.6 is 11.6 Å². The smallest absolute Gasteiger partial charge is 0.158 e. The Morgan fingerprint density at radius 2 is 1.72 bits per heavy atom. The quantitative estimate of drug-likeness (QED) is 0.0909. The monoisotopic (exact) mass is 955 g/mol. The van der Waals surface area contributed by atoms with Gasteiger partial charge in [0.2, 0.25) is 0 Å². The van der Waals surface area contributed by atoms with Crippen LogP contribution in [0.4, 0.5) is 14.6 Å². The number of nitrogens with two attached hydrogens (primary N) is 1. The first-order valence-electron chi connectivity index (χ1n) is 25.1. The van der Waals surface area contributed by atoms with Gasteiger partial charge in [-0.2, -0.15) is 5.10 Å². The summed E-state index contributed by atoms with van der Waals surface area (Å²) in [5, 5.41) is 12.4. The van der Waals surface area contributed by atoms with Crippen molar-refractivity contribution in [2.75, 3.05) is 64.8 Å². The standard InChI is InChI=1S/C31H49N7.C27H24ClF2N/c1-7-33-24(2)11-17-35(5)31-29-9-8-28(22-30(29)36(6)34-31)27-14-18-37(19-15-27)23-26-12-20-38(21-13-26)25(3)10-16-32-4;1-3-7-15-10-11-18-21(31)13-19-22-16(14-27(19,2)17-8-5-4-6-9-17)12-20(29)25(28)24(22)23(18)26(15)30/h7-9,22,26-27,32-33H,1-3,10-21,23H2,4-6H3;4-6,8-13,19H,3,7,14,31H2,1-2H3. The van der Waals surface area contributed by atoms with Gasteiger partial charge in [0.25, 0.3) is 0 Å². The van der Waals surface area contributed by atoms with E-state index in [4.69, 9.17) is 22.4 Å². The Morgan fingerprint density at radius 1 is 0.986 bits per heavy atom. The van der Waals surface area contributed by atoms with E-state index in [-0.39, 0.29) is 22.2 Å². The molecule has 0 amide bonds. The van der Waals surface area contributed by atoms with Crippen molar-refractivity contribution in [3.8, 4) is 11.1 Å². The Bertz CT molecular complexity index is 2690. The minimum absolute atomic E-state index is 0.0297. The van der Waals surface area contributed by atoms with Crippen molar-refractivity contribution in [1.82, 2.24) is 30.2 Å². The predicted molar refractivity (Wildman–Crippen MR) is 285 cm³/mol. The van der Waals surface area contributed by atoms with Crippen LogP contribution in [0.5, 0.6) is 0 Å². The molecule has 2 saturated heterocycles. The molecule has 4 aliphatic rings. The number of hydrogen-bond donors (Lipinski definition) is 3. The molecule has 8 nitrogen and oxygen atoms in total. The van der Waals surface area contributed by atoms with Crippen molar-refractivity contribution in [3.63, 3.8) is 0 Å². The lowest BCUT2D eigenvalue weighted by Gasteiger charge is -2.39. The summed E-state index contributed by atoms with van der Waals surface area (Å²) in [4.78, 5) is 7.45. The van der Waals surface area contributed by atoms with Gasteiger partial charge in [-0.05, 0) is 129 Å².